The molecule has 3 saturated heterocycles. The van der Waals surface area contributed by atoms with E-state index >= 15 is 0 Å². The largest absolute Gasteiger partial charge is 0.395 e. The molecule has 3 N–H and O–H groups in total. The van der Waals surface area contributed by atoms with Crippen LogP contribution < -0.4 is 15.1 Å². The zero-order valence-electron chi connectivity index (χ0n) is 39.7. The van der Waals surface area contributed by atoms with Crippen molar-refractivity contribution in [2.75, 3.05) is 67.6 Å². The number of hydrogen-bond acceptors (Lipinski definition) is 14. The van der Waals surface area contributed by atoms with Gasteiger partial charge in [-0.2, -0.15) is 30.1 Å². The van der Waals surface area contributed by atoms with Crippen LogP contribution in [-0.4, -0.2) is 140 Å². The Morgan fingerprint density at radius 1 is 0.597 bits per heavy atom. The van der Waals surface area contributed by atoms with E-state index in [1.807, 2.05) is 0 Å². The highest BCUT2D eigenvalue weighted by Gasteiger charge is 2.49. The van der Waals surface area contributed by atoms with E-state index in [1.165, 1.54) is 57.8 Å². The lowest BCUT2D eigenvalue weighted by atomic mass is 9.71. The van der Waals surface area contributed by atoms with Crippen molar-refractivity contribution in [1.82, 2.24) is 30.1 Å². The molecule has 6 aliphatic rings. The van der Waals surface area contributed by atoms with E-state index in [0.29, 0.717) is 55.2 Å². The Hall–Kier alpha value is -1.91. The number of nitrogens with one attached hydrogen (secondary N) is 1. The minimum absolute atomic E-state index is 0.00645. The van der Waals surface area contributed by atoms with Crippen LogP contribution in [0.3, 0.4) is 0 Å². The number of hydroxylamine groups is 6. The van der Waals surface area contributed by atoms with E-state index in [9.17, 15) is 10.2 Å². The first-order valence-electron chi connectivity index (χ1n) is 25.6. The number of aliphatic hydroxyl groups excluding tert-OH is 2. The minimum atomic E-state index is -0.145. The van der Waals surface area contributed by atoms with E-state index < -0.39 is 0 Å². The molecule has 1 atom stereocenters. The van der Waals surface area contributed by atoms with Crippen molar-refractivity contribution in [1.29, 1.82) is 0 Å². The number of hydrogen-bond donors (Lipinski definition) is 3. The van der Waals surface area contributed by atoms with Gasteiger partial charge in [0, 0.05) is 68.5 Å². The van der Waals surface area contributed by atoms with Gasteiger partial charge in [-0.15, -0.1) is 0 Å². The van der Waals surface area contributed by atoms with E-state index in [-0.39, 0.29) is 42.4 Å². The summed E-state index contributed by atoms with van der Waals surface area (Å²) in [6.45, 7) is 16.0. The van der Waals surface area contributed by atoms with Gasteiger partial charge in [-0.05, 0) is 117 Å². The molecule has 62 heavy (non-hydrogen) atoms. The van der Waals surface area contributed by atoms with E-state index in [1.54, 1.807) is 0 Å². The Labute approximate surface area is 375 Å². The fourth-order valence-electron chi connectivity index (χ4n) is 12.2. The normalized spacial score (nSPS) is 25.5. The molecule has 14 heteroatoms. The molecule has 1 unspecified atom stereocenters. The summed E-state index contributed by atoms with van der Waals surface area (Å²) >= 11 is 0. The molecule has 4 heterocycles. The van der Waals surface area contributed by atoms with Gasteiger partial charge in [0.2, 0.25) is 17.8 Å². The molecule has 6 fully saturated rings. The van der Waals surface area contributed by atoms with Crippen molar-refractivity contribution in [3.63, 3.8) is 0 Å². The summed E-state index contributed by atoms with van der Waals surface area (Å²) in [7, 11) is 0. The van der Waals surface area contributed by atoms with Crippen molar-refractivity contribution >= 4 is 17.8 Å². The van der Waals surface area contributed by atoms with Gasteiger partial charge >= 0.3 is 0 Å². The van der Waals surface area contributed by atoms with Gasteiger partial charge in [0.05, 0.1) is 31.5 Å². The molecule has 14 nitrogen and oxygen atoms in total. The van der Waals surface area contributed by atoms with Crippen LogP contribution in [0.5, 0.6) is 0 Å². The molecule has 0 aromatic carbocycles. The van der Waals surface area contributed by atoms with Crippen molar-refractivity contribution < 1.29 is 24.7 Å². The van der Waals surface area contributed by atoms with Crippen molar-refractivity contribution in [2.24, 2.45) is 5.92 Å². The predicted molar refractivity (Wildman–Crippen MR) is 247 cm³/mol. The fourth-order valence-corrected chi connectivity index (χ4v) is 12.2. The van der Waals surface area contributed by atoms with Crippen molar-refractivity contribution in [2.45, 2.75) is 230 Å². The van der Waals surface area contributed by atoms with Crippen LogP contribution in [0.25, 0.3) is 0 Å². The number of rotatable bonds is 19. The molecule has 0 spiro atoms. The van der Waals surface area contributed by atoms with Gasteiger partial charge in [0.1, 0.15) is 0 Å². The predicted octanol–water partition coefficient (Wildman–Crippen LogP) is 8.04. The van der Waals surface area contributed by atoms with E-state index in [4.69, 9.17) is 29.5 Å². The molecular weight excluding hydrogens is 783 g/mol. The highest BCUT2D eigenvalue weighted by Crippen LogP contribution is 2.45. The van der Waals surface area contributed by atoms with E-state index in [0.717, 1.165) is 116 Å². The van der Waals surface area contributed by atoms with Crippen LogP contribution in [-0.2, 0) is 14.5 Å². The first-order chi connectivity index (χ1) is 30.0. The first kappa shape index (κ1) is 48.0. The number of aliphatic hydroxyl groups is 2. The van der Waals surface area contributed by atoms with Crippen LogP contribution in [0.4, 0.5) is 17.8 Å². The maximum atomic E-state index is 10.5. The number of aromatic nitrogens is 3. The smallest absolute Gasteiger partial charge is 0.232 e. The van der Waals surface area contributed by atoms with Crippen LogP contribution in [0, 0.1) is 5.92 Å². The third-order valence-electron chi connectivity index (χ3n) is 15.1. The standard InChI is InChI=1S/C48H87N9O5/c1-6-16-43(37-35-47(2,3)57(48(4,5)36-37)62-42-21-14-9-15-22-42)49-44-50-45(55(31-33-58)38-23-27-53(28-24-38)60-40-17-10-7-11-18-40)52-46(51-44)56(32-34-59)39-25-29-54(30-26-39)61-41-19-12-8-13-20-41/h37-43,58-59H,6-36H2,1-5H3,(H,49,50,51,52). The third-order valence-corrected chi connectivity index (χ3v) is 15.1. The molecule has 1 aromatic rings. The highest BCUT2D eigenvalue weighted by atomic mass is 16.7. The summed E-state index contributed by atoms with van der Waals surface area (Å²) < 4.78 is 0. The Morgan fingerprint density at radius 3 is 1.39 bits per heavy atom. The van der Waals surface area contributed by atoms with Gasteiger partial charge in [-0.1, -0.05) is 71.1 Å². The Morgan fingerprint density at radius 2 is 1.00 bits per heavy atom. The van der Waals surface area contributed by atoms with Gasteiger partial charge < -0.3 is 25.3 Å². The van der Waals surface area contributed by atoms with Crippen LogP contribution in [0.1, 0.15) is 182 Å². The molecule has 354 valence electrons. The first-order valence-corrected chi connectivity index (χ1v) is 25.6. The van der Waals surface area contributed by atoms with Gasteiger partial charge in [0.15, 0.2) is 0 Å². The Bertz CT molecular complexity index is 1370. The second-order valence-corrected chi connectivity index (χ2v) is 21.1. The average molecular weight is 870 g/mol. The zero-order valence-corrected chi connectivity index (χ0v) is 39.7. The molecule has 0 bridgehead atoms. The van der Waals surface area contributed by atoms with Gasteiger partial charge in [-0.25, -0.2) is 0 Å². The lowest BCUT2D eigenvalue weighted by Gasteiger charge is -2.56. The second-order valence-electron chi connectivity index (χ2n) is 21.1. The maximum absolute atomic E-state index is 10.5. The summed E-state index contributed by atoms with van der Waals surface area (Å²) in [6, 6.07) is 0.463. The SMILES string of the molecule is CCCC(Nc1nc(N(CCO)C2CCN(OC3CCCCC3)CC2)nc(N(CCO)C2CCN(OC3CCCCC3)CC2)n1)C1CC(C)(C)N(OC2CCCCC2)C(C)(C)C1. The number of nitrogens with zero attached hydrogens (tertiary/aromatic N) is 8. The summed E-state index contributed by atoms with van der Waals surface area (Å²) in [5.74, 6) is 2.16. The van der Waals surface area contributed by atoms with Crippen molar-refractivity contribution in [3.8, 4) is 0 Å². The van der Waals surface area contributed by atoms with Gasteiger partial charge in [-0.3, -0.25) is 14.5 Å². The molecule has 3 aliphatic heterocycles. The third kappa shape index (κ3) is 12.9. The molecule has 7 rings (SSSR count). The summed E-state index contributed by atoms with van der Waals surface area (Å²) in [5, 5.41) is 31.8. The highest BCUT2D eigenvalue weighted by molar-refractivity contribution is 5.47. The van der Waals surface area contributed by atoms with Crippen molar-refractivity contribution in [3.05, 3.63) is 0 Å². The quantitative estimate of drug-likeness (QED) is 0.124. The fraction of sp³-hybridized carbons (Fsp3) is 0.938. The zero-order chi connectivity index (χ0) is 43.5. The lowest BCUT2D eigenvalue weighted by molar-refractivity contribution is -0.314. The Balaban J connectivity index is 1.13. The topological polar surface area (TPSA) is 135 Å². The Kier molecular flexibility index (Phi) is 17.8. The molecule has 0 radical (unpaired) electrons. The maximum Gasteiger partial charge on any atom is 0.232 e. The van der Waals surface area contributed by atoms with Gasteiger partial charge in [0.25, 0.3) is 0 Å². The molecule has 3 saturated carbocycles. The summed E-state index contributed by atoms with van der Waals surface area (Å²) in [4.78, 5) is 40.2. The number of piperidine rings is 3. The second kappa shape index (κ2) is 23.0. The van der Waals surface area contributed by atoms with Crippen LogP contribution in [0.2, 0.25) is 0 Å². The average Bonchev–Trinajstić information content (AvgIpc) is 3.27. The molecular formula is C48H87N9O5. The summed E-state index contributed by atoms with van der Waals surface area (Å²) in [5.41, 5.74) is -0.290. The minimum Gasteiger partial charge on any atom is -0.395 e. The van der Waals surface area contributed by atoms with E-state index in [2.05, 4.69) is 64.9 Å². The molecule has 3 aliphatic carbocycles. The van der Waals surface area contributed by atoms with Crippen LogP contribution >= 0.6 is 0 Å². The summed E-state index contributed by atoms with van der Waals surface area (Å²) in [6.07, 6.45) is 27.0. The molecule has 0 amide bonds. The monoisotopic (exact) mass is 870 g/mol. The number of anilines is 3. The lowest BCUT2D eigenvalue weighted by Crippen LogP contribution is -2.63. The van der Waals surface area contributed by atoms with Crippen LogP contribution in [0.15, 0.2) is 0 Å². The molecule has 1 aromatic heterocycles.